The molecule has 1 N–H and O–H groups in total. The fourth-order valence-electron chi connectivity index (χ4n) is 2.21. The number of thiophene rings is 1. The molecule has 3 aromatic rings. The Morgan fingerprint density at radius 3 is 2.52 bits per heavy atom. The summed E-state index contributed by atoms with van der Waals surface area (Å²) in [6.07, 6.45) is 0. The van der Waals surface area contributed by atoms with Crippen molar-refractivity contribution in [3.63, 3.8) is 0 Å². The molecule has 25 heavy (non-hydrogen) atoms. The molecule has 0 saturated carbocycles. The molecule has 0 aliphatic rings. The Bertz CT molecular complexity index is 961. The predicted molar refractivity (Wildman–Crippen MR) is 92.5 cm³/mol. The number of aryl methyl sites for hydroxylation is 1. The van der Waals surface area contributed by atoms with Crippen LogP contribution in [0.5, 0.6) is 0 Å². The second-order valence-electron chi connectivity index (χ2n) is 4.98. The van der Waals surface area contributed by atoms with Crippen molar-refractivity contribution < 1.29 is 23.1 Å². The number of fused-ring (bicyclic) bond motifs is 1. The molecule has 2 aromatic heterocycles. The lowest BCUT2D eigenvalue weighted by atomic mass is 10.2. The standard InChI is InChI=1S/C16H12F2N2O3S2/c1-3-23-15(22)12-7(2)11-14(24-12)20-16(25-11)19-13(21)10-8(17)5-4-6-9(10)18/h4-6H,3H2,1-2H3,(H,19,20,21). The minimum Gasteiger partial charge on any atom is -0.462 e. The molecule has 5 nitrogen and oxygen atoms in total. The molecule has 0 atom stereocenters. The Morgan fingerprint density at radius 2 is 1.92 bits per heavy atom. The molecule has 0 aliphatic heterocycles. The number of halogens is 2. The molecule has 9 heteroatoms. The van der Waals surface area contributed by atoms with E-state index in [1.165, 1.54) is 6.07 Å². The second-order valence-corrected chi connectivity index (χ2v) is 6.98. The third-order valence-corrected chi connectivity index (χ3v) is 5.73. The second kappa shape index (κ2) is 6.85. The molecule has 0 bridgehead atoms. The van der Waals surface area contributed by atoms with Crippen molar-refractivity contribution >= 4 is 49.2 Å². The maximum absolute atomic E-state index is 13.7. The summed E-state index contributed by atoms with van der Waals surface area (Å²) in [4.78, 5) is 29.2. The smallest absolute Gasteiger partial charge is 0.348 e. The van der Waals surface area contributed by atoms with Crippen LogP contribution < -0.4 is 5.32 Å². The highest BCUT2D eigenvalue weighted by molar-refractivity contribution is 7.30. The van der Waals surface area contributed by atoms with Gasteiger partial charge in [0.1, 0.15) is 26.9 Å². The maximum Gasteiger partial charge on any atom is 0.348 e. The van der Waals surface area contributed by atoms with E-state index in [0.29, 0.717) is 15.3 Å². The summed E-state index contributed by atoms with van der Waals surface area (Å²) >= 11 is 2.28. The molecule has 1 amide bonds. The molecule has 0 aliphatic carbocycles. The van der Waals surface area contributed by atoms with E-state index in [1.54, 1.807) is 13.8 Å². The number of benzene rings is 1. The van der Waals surface area contributed by atoms with E-state index in [4.69, 9.17) is 4.74 Å². The Labute approximate surface area is 149 Å². The van der Waals surface area contributed by atoms with Crippen LogP contribution in [-0.4, -0.2) is 23.5 Å². The monoisotopic (exact) mass is 382 g/mol. The SMILES string of the molecule is CCOC(=O)c1sc2nc(NC(=O)c3c(F)cccc3F)sc2c1C. The van der Waals surface area contributed by atoms with Crippen molar-refractivity contribution in [3.8, 4) is 0 Å². The molecule has 0 unspecified atom stereocenters. The van der Waals surface area contributed by atoms with Gasteiger partial charge in [0.2, 0.25) is 0 Å². The van der Waals surface area contributed by atoms with E-state index in [2.05, 4.69) is 10.3 Å². The minimum absolute atomic E-state index is 0.201. The molecule has 1 aromatic carbocycles. The average Bonchev–Trinajstić information content (AvgIpc) is 3.06. The van der Waals surface area contributed by atoms with Crippen LogP contribution in [-0.2, 0) is 4.74 Å². The highest BCUT2D eigenvalue weighted by Gasteiger charge is 2.22. The summed E-state index contributed by atoms with van der Waals surface area (Å²) in [5.41, 5.74) is 0.0403. The summed E-state index contributed by atoms with van der Waals surface area (Å²) in [7, 11) is 0. The zero-order chi connectivity index (χ0) is 18.1. The number of rotatable bonds is 4. The van der Waals surface area contributed by atoms with Crippen molar-refractivity contribution in [1.82, 2.24) is 4.98 Å². The average molecular weight is 382 g/mol. The number of ether oxygens (including phenoxy) is 1. The first-order chi connectivity index (χ1) is 11.9. The number of hydrogen-bond donors (Lipinski definition) is 1. The fourth-order valence-corrected chi connectivity index (χ4v) is 4.42. The number of esters is 1. The van der Waals surface area contributed by atoms with Gasteiger partial charge in [0.15, 0.2) is 5.13 Å². The number of aromatic nitrogens is 1. The van der Waals surface area contributed by atoms with Gasteiger partial charge in [0.25, 0.3) is 5.91 Å². The van der Waals surface area contributed by atoms with Gasteiger partial charge in [-0.05, 0) is 31.5 Å². The number of hydrogen-bond acceptors (Lipinski definition) is 6. The summed E-state index contributed by atoms with van der Waals surface area (Å²) in [5, 5.41) is 2.60. The third kappa shape index (κ3) is 3.24. The van der Waals surface area contributed by atoms with Crippen molar-refractivity contribution in [1.29, 1.82) is 0 Å². The number of nitrogens with one attached hydrogen (secondary N) is 1. The molecule has 3 rings (SSSR count). The highest BCUT2D eigenvalue weighted by atomic mass is 32.1. The van der Waals surface area contributed by atoms with Gasteiger partial charge in [-0.1, -0.05) is 17.4 Å². The van der Waals surface area contributed by atoms with Gasteiger partial charge in [-0.15, -0.1) is 11.3 Å². The fraction of sp³-hybridized carbons (Fsp3) is 0.188. The van der Waals surface area contributed by atoms with Crippen LogP contribution in [0.25, 0.3) is 9.53 Å². The van der Waals surface area contributed by atoms with Crippen molar-refractivity contribution in [2.24, 2.45) is 0 Å². The van der Waals surface area contributed by atoms with E-state index in [-0.39, 0.29) is 11.7 Å². The van der Waals surface area contributed by atoms with E-state index in [0.717, 1.165) is 39.5 Å². The lowest BCUT2D eigenvalue weighted by Crippen LogP contribution is -2.15. The van der Waals surface area contributed by atoms with Crippen molar-refractivity contribution in [2.45, 2.75) is 13.8 Å². The van der Waals surface area contributed by atoms with E-state index < -0.39 is 29.1 Å². The van der Waals surface area contributed by atoms with Crippen molar-refractivity contribution in [3.05, 3.63) is 45.8 Å². The molecule has 0 fully saturated rings. The van der Waals surface area contributed by atoms with Gasteiger partial charge >= 0.3 is 5.97 Å². The third-order valence-electron chi connectivity index (χ3n) is 3.35. The molecular formula is C16H12F2N2O3S2. The largest absolute Gasteiger partial charge is 0.462 e. The number of amides is 1. The Kier molecular flexibility index (Phi) is 4.78. The summed E-state index contributed by atoms with van der Waals surface area (Å²) in [5.74, 6) is -3.23. The van der Waals surface area contributed by atoms with Gasteiger partial charge in [0, 0.05) is 0 Å². The van der Waals surface area contributed by atoms with Gasteiger partial charge in [-0.25, -0.2) is 18.6 Å². The first-order valence-corrected chi connectivity index (χ1v) is 8.88. The normalized spacial score (nSPS) is 10.9. The van der Waals surface area contributed by atoms with Crippen LogP contribution >= 0.6 is 22.7 Å². The van der Waals surface area contributed by atoms with E-state index >= 15 is 0 Å². The van der Waals surface area contributed by atoms with Gasteiger partial charge in [-0.2, -0.15) is 0 Å². The van der Waals surface area contributed by atoms with Crippen LogP contribution in [0.2, 0.25) is 0 Å². The Hall–Kier alpha value is -2.39. The predicted octanol–water partition coefficient (Wildman–Crippen LogP) is 4.37. The highest BCUT2D eigenvalue weighted by Crippen LogP contribution is 2.37. The lowest BCUT2D eigenvalue weighted by molar-refractivity contribution is 0.0531. The summed E-state index contributed by atoms with van der Waals surface area (Å²) < 4.78 is 33.0. The zero-order valence-electron chi connectivity index (χ0n) is 13.2. The number of thiazole rings is 1. The Balaban J connectivity index is 1.88. The lowest BCUT2D eigenvalue weighted by Gasteiger charge is -2.04. The van der Waals surface area contributed by atoms with Crippen LogP contribution in [0.3, 0.4) is 0 Å². The first-order valence-electron chi connectivity index (χ1n) is 7.24. The van der Waals surface area contributed by atoms with Gasteiger partial charge < -0.3 is 4.74 Å². The maximum atomic E-state index is 13.7. The molecule has 0 saturated heterocycles. The van der Waals surface area contributed by atoms with Gasteiger partial charge in [-0.3, -0.25) is 10.1 Å². The van der Waals surface area contributed by atoms with Gasteiger partial charge in [0.05, 0.1) is 11.3 Å². The van der Waals surface area contributed by atoms with Crippen LogP contribution in [0.1, 0.15) is 32.5 Å². The molecule has 2 heterocycles. The Morgan fingerprint density at radius 1 is 1.24 bits per heavy atom. The first kappa shape index (κ1) is 17.4. The topological polar surface area (TPSA) is 68.3 Å². The summed E-state index contributed by atoms with van der Waals surface area (Å²) in [6, 6.07) is 3.20. The summed E-state index contributed by atoms with van der Waals surface area (Å²) in [6.45, 7) is 3.75. The number of carbonyl (C=O) groups is 2. The van der Waals surface area contributed by atoms with Crippen molar-refractivity contribution in [2.75, 3.05) is 11.9 Å². The molecule has 0 radical (unpaired) electrons. The van der Waals surface area contributed by atoms with Crippen LogP contribution in [0.15, 0.2) is 18.2 Å². The molecule has 130 valence electrons. The zero-order valence-corrected chi connectivity index (χ0v) is 14.8. The van der Waals surface area contributed by atoms with E-state index in [1.807, 2.05) is 0 Å². The molecule has 0 spiro atoms. The number of nitrogens with zero attached hydrogens (tertiary/aromatic N) is 1. The quantitative estimate of drug-likeness (QED) is 0.680. The minimum atomic E-state index is -0.948. The van der Waals surface area contributed by atoms with E-state index in [9.17, 15) is 18.4 Å². The molecular weight excluding hydrogens is 370 g/mol. The number of carbonyl (C=O) groups excluding carboxylic acids is 2. The number of anilines is 1. The van der Waals surface area contributed by atoms with Crippen LogP contribution in [0, 0.1) is 18.6 Å². The van der Waals surface area contributed by atoms with Crippen LogP contribution in [0.4, 0.5) is 13.9 Å².